The summed E-state index contributed by atoms with van der Waals surface area (Å²) in [7, 11) is 1.66. The van der Waals surface area contributed by atoms with Crippen LogP contribution in [0.3, 0.4) is 0 Å². The van der Waals surface area contributed by atoms with Gasteiger partial charge in [0, 0.05) is 17.9 Å². The van der Waals surface area contributed by atoms with Gasteiger partial charge in [-0.1, -0.05) is 6.07 Å². The number of aromatic nitrogens is 3. The van der Waals surface area contributed by atoms with E-state index in [2.05, 4.69) is 4.68 Å². The van der Waals surface area contributed by atoms with Gasteiger partial charge in [0.1, 0.15) is 23.9 Å². The van der Waals surface area contributed by atoms with E-state index in [1.807, 2.05) is 24.3 Å². The van der Waals surface area contributed by atoms with Crippen LogP contribution in [-0.4, -0.2) is 28.5 Å². The van der Waals surface area contributed by atoms with Gasteiger partial charge in [-0.2, -0.15) is 5.10 Å². The molecule has 1 aromatic carbocycles. The Bertz CT molecular complexity index is 660. The summed E-state index contributed by atoms with van der Waals surface area (Å²) in [6.07, 6.45) is 4.99. The Morgan fingerprint density at radius 2 is 1.91 bits per heavy atom. The molecular weight excluding hydrogens is 278 g/mol. The number of benzene rings is 1. The number of methoxy groups -OCH3 is 1. The molecule has 0 saturated heterocycles. The van der Waals surface area contributed by atoms with Crippen molar-refractivity contribution in [3.8, 4) is 11.5 Å². The van der Waals surface area contributed by atoms with E-state index in [1.54, 1.807) is 7.11 Å². The summed E-state index contributed by atoms with van der Waals surface area (Å²) in [5.41, 5.74) is 0. The van der Waals surface area contributed by atoms with Gasteiger partial charge in [-0.3, -0.25) is 0 Å². The molecule has 2 aliphatic rings. The normalized spacial score (nSPS) is 17.5. The Balaban J connectivity index is 1.40. The van der Waals surface area contributed by atoms with Crippen LogP contribution in [0, 0.1) is 0 Å². The number of ether oxygens (including phenoxy) is 2. The second kappa shape index (κ2) is 5.63. The largest absolute Gasteiger partial charge is 0.497 e. The number of nitrogens with zero attached hydrogens (tertiary/aromatic N) is 3. The molecule has 0 radical (unpaired) electrons. The second-order valence-corrected chi connectivity index (χ2v) is 6.13. The highest BCUT2D eigenvalue weighted by molar-refractivity contribution is 5.32. The van der Waals surface area contributed by atoms with Crippen molar-refractivity contribution in [2.45, 2.75) is 44.1 Å². The van der Waals surface area contributed by atoms with Crippen LogP contribution >= 0.6 is 0 Å². The lowest BCUT2D eigenvalue weighted by Gasteiger charge is -2.09. The molecule has 2 fully saturated rings. The molecule has 2 aromatic rings. The van der Waals surface area contributed by atoms with Crippen LogP contribution in [0.15, 0.2) is 24.3 Å². The summed E-state index contributed by atoms with van der Waals surface area (Å²) >= 11 is 0. The molecule has 1 heterocycles. The van der Waals surface area contributed by atoms with E-state index in [0.29, 0.717) is 18.4 Å². The topological polar surface area (TPSA) is 49.2 Å². The van der Waals surface area contributed by atoms with Crippen LogP contribution < -0.4 is 9.47 Å². The summed E-state index contributed by atoms with van der Waals surface area (Å²) in [5, 5.41) is 4.70. The lowest BCUT2D eigenvalue weighted by Crippen LogP contribution is -2.12. The van der Waals surface area contributed by atoms with E-state index >= 15 is 0 Å². The minimum absolute atomic E-state index is 0.598. The smallest absolute Gasteiger partial charge is 0.154 e. The maximum absolute atomic E-state index is 5.82. The highest BCUT2D eigenvalue weighted by Crippen LogP contribution is 2.42. The van der Waals surface area contributed by atoms with Crippen molar-refractivity contribution >= 4 is 0 Å². The predicted molar refractivity (Wildman–Crippen MR) is 82.5 cm³/mol. The summed E-state index contributed by atoms with van der Waals surface area (Å²) < 4.78 is 13.1. The first-order valence-electron chi connectivity index (χ1n) is 8.05. The number of hydrogen-bond donors (Lipinski definition) is 0. The molecule has 116 valence electrons. The van der Waals surface area contributed by atoms with Gasteiger partial charge in [0.25, 0.3) is 0 Å². The molecule has 5 heteroatoms. The average Bonchev–Trinajstić information content (AvgIpc) is 3.46. The Morgan fingerprint density at radius 1 is 1.14 bits per heavy atom. The van der Waals surface area contributed by atoms with Crippen molar-refractivity contribution in [2.75, 3.05) is 13.7 Å². The van der Waals surface area contributed by atoms with Crippen LogP contribution in [0.2, 0.25) is 0 Å². The zero-order valence-corrected chi connectivity index (χ0v) is 12.9. The molecular formula is C17H21N3O2. The Morgan fingerprint density at radius 3 is 2.64 bits per heavy atom. The summed E-state index contributed by atoms with van der Waals surface area (Å²) in [5.74, 6) is 5.08. The number of rotatable bonds is 7. The van der Waals surface area contributed by atoms with Crippen molar-refractivity contribution in [1.29, 1.82) is 0 Å². The van der Waals surface area contributed by atoms with Crippen molar-refractivity contribution in [3.63, 3.8) is 0 Å². The first kappa shape index (κ1) is 13.6. The molecule has 4 rings (SSSR count). The van der Waals surface area contributed by atoms with Gasteiger partial charge in [0.2, 0.25) is 0 Å². The molecule has 2 saturated carbocycles. The lowest BCUT2D eigenvalue weighted by atomic mass is 10.3. The lowest BCUT2D eigenvalue weighted by molar-refractivity contribution is 0.286. The molecule has 0 bridgehead atoms. The minimum Gasteiger partial charge on any atom is -0.497 e. The highest BCUT2D eigenvalue weighted by atomic mass is 16.5. The SMILES string of the molecule is COc1cccc(OCCn2nc(C3CC3)nc2C2CC2)c1. The van der Waals surface area contributed by atoms with Gasteiger partial charge < -0.3 is 9.47 Å². The van der Waals surface area contributed by atoms with Crippen LogP contribution in [-0.2, 0) is 6.54 Å². The summed E-state index contributed by atoms with van der Waals surface area (Å²) in [6, 6.07) is 7.70. The maximum atomic E-state index is 5.82. The van der Waals surface area contributed by atoms with Crippen LogP contribution in [0.1, 0.15) is 49.2 Å². The zero-order valence-electron chi connectivity index (χ0n) is 12.9. The summed E-state index contributed by atoms with van der Waals surface area (Å²) in [4.78, 5) is 4.76. The molecule has 0 atom stereocenters. The quantitative estimate of drug-likeness (QED) is 0.788. The van der Waals surface area contributed by atoms with Crippen molar-refractivity contribution in [1.82, 2.24) is 14.8 Å². The second-order valence-electron chi connectivity index (χ2n) is 6.13. The van der Waals surface area contributed by atoms with Crippen molar-refractivity contribution < 1.29 is 9.47 Å². The molecule has 0 amide bonds. The van der Waals surface area contributed by atoms with Gasteiger partial charge in [-0.05, 0) is 37.8 Å². The van der Waals surface area contributed by atoms with Gasteiger partial charge in [0.15, 0.2) is 5.82 Å². The van der Waals surface area contributed by atoms with E-state index in [4.69, 9.17) is 19.6 Å². The standard InChI is InChI=1S/C17H21N3O2/c1-21-14-3-2-4-15(11-14)22-10-9-20-17(13-7-8-13)18-16(19-20)12-5-6-12/h2-4,11-13H,5-10H2,1H3. The fourth-order valence-electron chi connectivity index (χ4n) is 2.64. The van der Waals surface area contributed by atoms with Gasteiger partial charge >= 0.3 is 0 Å². The monoisotopic (exact) mass is 299 g/mol. The third kappa shape index (κ3) is 2.93. The van der Waals surface area contributed by atoms with Gasteiger partial charge in [-0.15, -0.1) is 0 Å². The number of hydrogen-bond acceptors (Lipinski definition) is 4. The Kier molecular flexibility index (Phi) is 3.48. The van der Waals surface area contributed by atoms with E-state index in [-0.39, 0.29) is 0 Å². The molecule has 0 unspecified atom stereocenters. The van der Waals surface area contributed by atoms with Crippen molar-refractivity contribution in [3.05, 3.63) is 35.9 Å². The van der Waals surface area contributed by atoms with E-state index in [1.165, 1.54) is 25.7 Å². The van der Waals surface area contributed by atoms with E-state index in [0.717, 1.165) is 29.7 Å². The molecule has 2 aliphatic carbocycles. The van der Waals surface area contributed by atoms with Crippen LogP contribution in [0.5, 0.6) is 11.5 Å². The zero-order chi connectivity index (χ0) is 14.9. The van der Waals surface area contributed by atoms with Gasteiger partial charge in [-0.25, -0.2) is 9.67 Å². The Labute approximate surface area is 130 Å². The van der Waals surface area contributed by atoms with E-state index < -0.39 is 0 Å². The van der Waals surface area contributed by atoms with Crippen LogP contribution in [0.4, 0.5) is 0 Å². The molecule has 0 spiro atoms. The minimum atomic E-state index is 0.598. The third-order valence-electron chi connectivity index (χ3n) is 4.21. The fourth-order valence-corrected chi connectivity index (χ4v) is 2.64. The first-order chi connectivity index (χ1) is 10.8. The predicted octanol–water partition coefficient (Wildman–Crippen LogP) is 3.12. The molecule has 5 nitrogen and oxygen atoms in total. The van der Waals surface area contributed by atoms with Crippen LogP contribution in [0.25, 0.3) is 0 Å². The Hall–Kier alpha value is -2.04. The average molecular weight is 299 g/mol. The molecule has 1 aromatic heterocycles. The molecule has 22 heavy (non-hydrogen) atoms. The van der Waals surface area contributed by atoms with Crippen molar-refractivity contribution in [2.24, 2.45) is 0 Å². The maximum Gasteiger partial charge on any atom is 0.154 e. The molecule has 0 aliphatic heterocycles. The van der Waals surface area contributed by atoms with E-state index in [9.17, 15) is 0 Å². The summed E-state index contributed by atoms with van der Waals surface area (Å²) in [6.45, 7) is 1.35. The first-order valence-corrected chi connectivity index (χ1v) is 8.05. The highest BCUT2D eigenvalue weighted by Gasteiger charge is 2.34. The fraction of sp³-hybridized carbons (Fsp3) is 0.529. The van der Waals surface area contributed by atoms with Gasteiger partial charge in [0.05, 0.1) is 13.7 Å². The molecule has 0 N–H and O–H groups in total. The third-order valence-corrected chi connectivity index (χ3v) is 4.21.